The molecule has 2 rings (SSSR count). The van der Waals surface area contributed by atoms with Crippen molar-refractivity contribution in [2.24, 2.45) is 0 Å². The summed E-state index contributed by atoms with van der Waals surface area (Å²) in [6.07, 6.45) is 4.52. The van der Waals surface area contributed by atoms with Gasteiger partial charge in [-0.3, -0.25) is 0 Å². The standard InChI is InChI=1S/C11H21N3O/c1-13-8-4-10(5-9-13)14-7-3-2-6-12-11(14)15/h10H,2-9H2,1H3,(H,12,15). The second-order valence-corrected chi connectivity index (χ2v) is 4.67. The van der Waals surface area contributed by atoms with Gasteiger partial charge >= 0.3 is 6.03 Å². The van der Waals surface area contributed by atoms with Gasteiger partial charge in [-0.05, 0) is 45.8 Å². The van der Waals surface area contributed by atoms with Crippen molar-refractivity contribution >= 4 is 6.03 Å². The smallest absolute Gasteiger partial charge is 0.317 e. The van der Waals surface area contributed by atoms with Crippen LogP contribution in [0.5, 0.6) is 0 Å². The molecule has 0 atom stereocenters. The fourth-order valence-corrected chi connectivity index (χ4v) is 2.46. The number of urea groups is 1. The van der Waals surface area contributed by atoms with Crippen LogP contribution in [0.1, 0.15) is 25.7 Å². The third-order valence-corrected chi connectivity index (χ3v) is 3.49. The Morgan fingerprint density at radius 3 is 2.67 bits per heavy atom. The third-order valence-electron chi connectivity index (χ3n) is 3.49. The predicted molar refractivity (Wildman–Crippen MR) is 59.9 cm³/mol. The summed E-state index contributed by atoms with van der Waals surface area (Å²) in [6, 6.07) is 0.626. The van der Waals surface area contributed by atoms with Gasteiger partial charge in [0.05, 0.1) is 0 Å². The number of carbonyl (C=O) groups is 1. The second kappa shape index (κ2) is 4.84. The highest BCUT2D eigenvalue weighted by Gasteiger charge is 2.27. The van der Waals surface area contributed by atoms with Gasteiger partial charge in [-0.15, -0.1) is 0 Å². The fourth-order valence-electron chi connectivity index (χ4n) is 2.46. The maximum absolute atomic E-state index is 11.8. The van der Waals surface area contributed by atoms with Crippen LogP contribution < -0.4 is 5.32 Å². The number of nitrogens with zero attached hydrogens (tertiary/aromatic N) is 2. The average Bonchev–Trinajstić information content (AvgIpc) is 2.44. The van der Waals surface area contributed by atoms with Crippen LogP contribution >= 0.6 is 0 Å². The Bertz CT molecular complexity index is 224. The number of hydrogen-bond donors (Lipinski definition) is 1. The molecule has 0 aliphatic carbocycles. The number of likely N-dealkylation sites (tertiary alicyclic amines) is 1. The van der Waals surface area contributed by atoms with Crippen LogP contribution in [0.2, 0.25) is 0 Å². The number of amides is 2. The van der Waals surface area contributed by atoms with Gasteiger partial charge in [0.2, 0.25) is 0 Å². The van der Waals surface area contributed by atoms with Gasteiger partial charge in [-0.1, -0.05) is 0 Å². The van der Waals surface area contributed by atoms with Crippen LogP contribution in [0.25, 0.3) is 0 Å². The van der Waals surface area contributed by atoms with Crippen LogP contribution in [0.15, 0.2) is 0 Å². The first-order chi connectivity index (χ1) is 7.27. The fraction of sp³-hybridized carbons (Fsp3) is 0.909. The van der Waals surface area contributed by atoms with E-state index in [0.29, 0.717) is 6.04 Å². The zero-order valence-electron chi connectivity index (χ0n) is 9.54. The summed E-state index contributed by atoms with van der Waals surface area (Å²) in [6.45, 7) is 4.03. The first kappa shape index (κ1) is 10.7. The molecule has 0 spiro atoms. The van der Waals surface area contributed by atoms with E-state index in [-0.39, 0.29) is 6.03 Å². The van der Waals surface area contributed by atoms with Crippen LogP contribution in [-0.4, -0.2) is 55.1 Å². The Balaban J connectivity index is 1.92. The molecule has 2 aliphatic rings. The van der Waals surface area contributed by atoms with Crippen molar-refractivity contribution in [3.05, 3.63) is 0 Å². The van der Waals surface area contributed by atoms with Crippen molar-refractivity contribution in [2.45, 2.75) is 31.7 Å². The number of carbonyl (C=O) groups excluding carboxylic acids is 1. The summed E-state index contributed by atoms with van der Waals surface area (Å²) >= 11 is 0. The van der Waals surface area contributed by atoms with E-state index in [1.54, 1.807) is 0 Å². The van der Waals surface area contributed by atoms with E-state index < -0.39 is 0 Å². The maximum Gasteiger partial charge on any atom is 0.317 e. The van der Waals surface area contributed by atoms with Crippen molar-refractivity contribution in [3.8, 4) is 0 Å². The number of hydrogen-bond acceptors (Lipinski definition) is 2. The number of nitrogens with one attached hydrogen (secondary N) is 1. The zero-order valence-corrected chi connectivity index (χ0v) is 9.54. The monoisotopic (exact) mass is 211 g/mol. The molecule has 86 valence electrons. The number of piperidine rings is 1. The van der Waals surface area contributed by atoms with Crippen molar-refractivity contribution < 1.29 is 4.79 Å². The molecule has 2 amide bonds. The summed E-state index contributed by atoms with van der Waals surface area (Å²) in [5.41, 5.74) is 0. The molecule has 0 radical (unpaired) electrons. The van der Waals surface area contributed by atoms with Gasteiger partial charge in [0.1, 0.15) is 0 Å². The lowest BCUT2D eigenvalue weighted by Gasteiger charge is -2.36. The molecule has 0 aromatic carbocycles. The highest BCUT2D eigenvalue weighted by molar-refractivity contribution is 5.74. The van der Waals surface area contributed by atoms with E-state index in [0.717, 1.165) is 51.9 Å². The molecule has 0 aromatic heterocycles. The van der Waals surface area contributed by atoms with Gasteiger partial charge in [-0.25, -0.2) is 4.79 Å². The van der Waals surface area contributed by atoms with Crippen LogP contribution in [0, 0.1) is 0 Å². The van der Waals surface area contributed by atoms with Gasteiger partial charge in [-0.2, -0.15) is 0 Å². The largest absolute Gasteiger partial charge is 0.338 e. The predicted octanol–water partition coefficient (Wildman–Crippen LogP) is 0.886. The Morgan fingerprint density at radius 2 is 1.93 bits per heavy atom. The molecule has 4 nitrogen and oxygen atoms in total. The lowest BCUT2D eigenvalue weighted by Crippen LogP contribution is -2.49. The molecular formula is C11H21N3O. The first-order valence-electron chi connectivity index (χ1n) is 6.00. The summed E-state index contributed by atoms with van der Waals surface area (Å²) in [4.78, 5) is 16.2. The SMILES string of the molecule is CN1CCC(N2CCCCNC2=O)CC1. The lowest BCUT2D eigenvalue weighted by atomic mass is 10.0. The second-order valence-electron chi connectivity index (χ2n) is 4.67. The van der Waals surface area contributed by atoms with Gasteiger partial charge in [0.15, 0.2) is 0 Å². The van der Waals surface area contributed by atoms with Crippen molar-refractivity contribution in [3.63, 3.8) is 0 Å². The molecule has 2 aliphatic heterocycles. The molecule has 0 unspecified atom stereocenters. The van der Waals surface area contributed by atoms with E-state index in [1.165, 1.54) is 0 Å². The molecule has 0 saturated carbocycles. The van der Waals surface area contributed by atoms with Gasteiger partial charge in [0.25, 0.3) is 0 Å². The average molecular weight is 211 g/mol. The molecule has 4 heteroatoms. The van der Waals surface area contributed by atoms with Crippen molar-refractivity contribution in [2.75, 3.05) is 33.2 Å². The van der Waals surface area contributed by atoms with Crippen molar-refractivity contribution in [1.82, 2.24) is 15.1 Å². The van der Waals surface area contributed by atoms with E-state index in [9.17, 15) is 4.79 Å². The Kier molecular flexibility index (Phi) is 3.46. The van der Waals surface area contributed by atoms with E-state index >= 15 is 0 Å². The first-order valence-corrected chi connectivity index (χ1v) is 6.00. The Hall–Kier alpha value is -0.770. The minimum Gasteiger partial charge on any atom is -0.338 e. The quantitative estimate of drug-likeness (QED) is 0.699. The molecule has 0 bridgehead atoms. The maximum atomic E-state index is 11.8. The summed E-state index contributed by atoms with van der Waals surface area (Å²) in [7, 11) is 2.15. The van der Waals surface area contributed by atoms with E-state index in [1.807, 2.05) is 0 Å². The minimum atomic E-state index is 0.155. The molecule has 2 saturated heterocycles. The highest BCUT2D eigenvalue weighted by atomic mass is 16.2. The van der Waals surface area contributed by atoms with E-state index in [4.69, 9.17) is 0 Å². The topological polar surface area (TPSA) is 35.6 Å². The number of rotatable bonds is 1. The highest BCUT2D eigenvalue weighted by Crippen LogP contribution is 2.17. The zero-order chi connectivity index (χ0) is 10.7. The Morgan fingerprint density at radius 1 is 1.20 bits per heavy atom. The molecule has 0 aromatic rings. The molecular weight excluding hydrogens is 190 g/mol. The van der Waals surface area contributed by atoms with Gasteiger partial charge in [0, 0.05) is 19.1 Å². The van der Waals surface area contributed by atoms with Crippen LogP contribution in [0.3, 0.4) is 0 Å². The minimum absolute atomic E-state index is 0.155. The van der Waals surface area contributed by atoms with Crippen LogP contribution in [-0.2, 0) is 0 Å². The van der Waals surface area contributed by atoms with E-state index in [2.05, 4.69) is 22.2 Å². The Labute approximate surface area is 91.6 Å². The van der Waals surface area contributed by atoms with Crippen LogP contribution in [0.4, 0.5) is 4.79 Å². The normalized spacial score (nSPS) is 26.2. The molecule has 15 heavy (non-hydrogen) atoms. The van der Waals surface area contributed by atoms with Crippen molar-refractivity contribution in [1.29, 1.82) is 0 Å². The molecule has 2 fully saturated rings. The molecule has 2 heterocycles. The summed E-state index contributed by atoms with van der Waals surface area (Å²) in [5.74, 6) is 0. The van der Waals surface area contributed by atoms with Gasteiger partial charge < -0.3 is 15.1 Å². The molecule has 1 N–H and O–H groups in total. The lowest BCUT2D eigenvalue weighted by molar-refractivity contribution is 0.135. The third kappa shape index (κ3) is 2.62. The summed E-state index contributed by atoms with van der Waals surface area (Å²) < 4.78 is 0. The summed E-state index contributed by atoms with van der Waals surface area (Å²) in [5, 5.41) is 2.98.